The van der Waals surface area contributed by atoms with Gasteiger partial charge in [-0.15, -0.1) is 0 Å². The molecule has 1 aliphatic carbocycles. The van der Waals surface area contributed by atoms with Crippen LogP contribution in [0.25, 0.3) is 22.4 Å². The molecule has 1 saturated carbocycles. The monoisotopic (exact) mass is 770 g/mol. The predicted octanol–water partition coefficient (Wildman–Crippen LogP) is 5.99. The van der Waals surface area contributed by atoms with Gasteiger partial charge in [-0.2, -0.15) is 26.6 Å². The molecular weight excluding hydrogens is 730 g/mol. The highest BCUT2D eigenvalue weighted by Crippen LogP contribution is 2.46. The van der Waals surface area contributed by atoms with E-state index in [2.05, 4.69) is 10.1 Å². The third-order valence-corrected chi connectivity index (χ3v) is 11.2. The number of nitrogens with two attached hydrogens (primary N) is 1. The molecule has 2 N–H and O–H groups in total. The first-order chi connectivity index (χ1) is 24.9. The minimum atomic E-state index is -3.86. The molecule has 2 aliphatic rings. The Morgan fingerprint density at radius 2 is 1.81 bits per heavy atom. The normalized spacial score (nSPS) is 18.6. The molecule has 1 amide bonds. The molecule has 1 aliphatic heterocycles. The second-order valence-corrected chi connectivity index (χ2v) is 17.2. The van der Waals surface area contributed by atoms with E-state index < -0.39 is 45.6 Å². The fourth-order valence-corrected chi connectivity index (χ4v) is 7.41. The Balaban J connectivity index is 1.40. The third-order valence-electron chi connectivity index (χ3n) is 9.21. The third kappa shape index (κ3) is 7.85. The van der Waals surface area contributed by atoms with Crippen molar-refractivity contribution < 1.29 is 31.5 Å². The largest absolute Gasteiger partial charge is 0.463 e. The zero-order chi connectivity index (χ0) is 38.5. The number of aromatic nitrogens is 4. The van der Waals surface area contributed by atoms with Gasteiger partial charge in [-0.1, -0.05) is 62.7 Å². The number of hydrogen-bond donors (Lipinski definition) is 1. The number of aliphatic imine (C=N–C) groups is 1. The minimum Gasteiger partial charge on any atom is -0.463 e. The zero-order valence-electron chi connectivity index (χ0n) is 29.9. The molecule has 282 valence electrons. The number of nitrogens with zero attached hydrogens (tertiary/aromatic N) is 7. The van der Waals surface area contributed by atoms with Crippen molar-refractivity contribution in [3.05, 3.63) is 83.5 Å². The Hall–Kier alpha value is -4.67. The Morgan fingerprint density at radius 3 is 2.42 bits per heavy atom. The zero-order valence-corrected chi connectivity index (χ0v) is 31.5. The van der Waals surface area contributed by atoms with E-state index in [0.29, 0.717) is 32.5 Å². The maximum Gasteiger partial charge on any atom is 0.333 e. The highest BCUT2D eigenvalue weighted by Gasteiger charge is 2.53. The van der Waals surface area contributed by atoms with Crippen LogP contribution in [0.5, 0.6) is 0 Å². The first kappa shape index (κ1) is 38.1. The molecular formula is C36H41ClF2N8O5S. The quantitative estimate of drug-likeness (QED) is 0.163. The van der Waals surface area contributed by atoms with E-state index in [4.69, 9.17) is 27.1 Å². The van der Waals surface area contributed by atoms with Crippen molar-refractivity contribution in [2.75, 3.05) is 20.7 Å². The number of benzene rings is 2. The number of rotatable bonds is 13. The molecule has 2 aromatic heterocycles. The van der Waals surface area contributed by atoms with Gasteiger partial charge in [0.1, 0.15) is 12.9 Å². The lowest BCUT2D eigenvalue weighted by Crippen LogP contribution is -2.47. The van der Waals surface area contributed by atoms with Gasteiger partial charge in [0.2, 0.25) is 0 Å². The number of alkyl halides is 2. The summed E-state index contributed by atoms with van der Waals surface area (Å²) in [7, 11) is -1.06. The summed E-state index contributed by atoms with van der Waals surface area (Å²) in [6.45, 7) is 2.88. The van der Waals surface area contributed by atoms with Crippen LogP contribution in [0.15, 0.2) is 72.4 Å². The smallest absolute Gasteiger partial charge is 0.333 e. The predicted molar refractivity (Wildman–Crippen MR) is 195 cm³/mol. The van der Waals surface area contributed by atoms with Crippen molar-refractivity contribution in [3.8, 4) is 22.4 Å². The summed E-state index contributed by atoms with van der Waals surface area (Å²) in [5.41, 5.74) is 7.47. The molecule has 2 atom stereocenters. The van der Waals surface area contributed by atoms with Gasteiger partial charge >= 0.3 is 22.7 Å². The summed E-state index contributed by atoms with van der Waals surface area (Å²) in [6.07, 6.45) is 7.47. The number of carbonyl (C=O) groups excluding carboxylic acids is 2. The molecule has 3 heterocycles. The maximum absolute atomic E-state index is 15.0. The number of imidazole rings is 1. The first-order valence-electron chi connectivity index (χ1n) is 16.9. The number of amides is 1. The van der Waals surface area contributed by atoms with Crippen LogP contribution in [0.4, 0.5) is 8.78 Å². The van der Waals surface area contributed by atoms with Crippen LogP contribution in [0.3, 0.4) is 0 Å². The average Bonchev–Trinajstić information content (AvgIpc) is 3.45. The highest BCUT2D eigenvalue weighted by atomic mass is 35.5. The van der Waals surface area contributed by atoms with Gasteiger partial charge in [-0.05, 0) is 59.4 Å². The van der Waals surface area contributed by atoms with Crippen molar-refractivity contribution >= 4 is 39.6 Å². The summed E-state index contributed by atoms with van der Waals surface area (Å²) in [4.78, 5) is 38.3. The molecule has 13 nitrogen and oxygen atoms in total. The molecule has 53 heavy (non-hydrogen) atoms. The topological polar surface area (TPSA) is 158 Å². The van der Waals surface area contributed by atoms with E-state index in [1.165, 1.54) is 37.6 Å². The van der Waals surface area contributed by atoms with E-state index in [9.17, 15) is 26.8 Å². The van der Waals surface area contributed by atoms with Gasteiger partial charge in [-0.25, -0.2) is 18.6 Å². The second kappa shape index (κ2) is 14.3. The first-order valence-corrected chi connectivity index (χ1v) is 18.7. The van der Waals surface area contributed by atoms with Crippen LogP contribution >= 0.6 is 11.6 Å². The molecule has 0 spiro atoms. The summed E-state index contributed by atoms with van der Waals surface area (Å²) in [5.74, 6) is -0.691. The van der Waals surface area contributed by atoms with Gasteiger partial charge < -0.3 is 10.5 Å². The minimum absolute atomic E-state index is 0.0948. The number of ether oxygens (including phenoxy) is 1. The van der Waals surface area contributed by atoms with E-state index in [-0.39, 0.29) is 42.0 Å². The lowest BCUT2D eigenvalue weighted by atomic mass is 9.75. The molecule has 1 fully saturated rings. The second-order valence-electron chi connectivity index (χ2n) is 14.8. The number of halogens is 3. The molecule has 0 bridgehead atoms. The molecule has 0 radical (unpaired) electrons. The van der Waals surface area contributed by atoms with Crippen LogP contribution in [0, 0.1) is 11.3 Å². The van der Waals surface area contributed by atoms with Crippen molar-refractivity contribution in [1.82, 2.24) is 27.9 Å². The van der Waals surface area contributed by atoms with Crippen molar-refractivity contribution in [1.29, 1.82) is 0 Å². The molecule has 17 heteroatoms. The van der Waals surface area contributed by atoms with Gasteiger partial charge in [0.15, 0.2) is 11.5 Å². The summed E-state index contributed by atoms with van der Waals surface area (Å²) in [5, 5.41) is 3.99. The molecule has 0 saturated heterocycles. The fourth-order valence-electron chi connectivity index (χ4n) is 6.42. The van der Waals surface area contributed by atoms with Crippen LogP contribution in [-0.2, 0) is 30.1 Å². The van der Waals surface area contributed by atoms with Crippen molar-refractivity contribution in [2.45, 2.75) is 64.6 Å². The van der Waals surface area contributed by atoms with Crippen LogP contribution < -0.4 is 5.73 Å². The van der Waals surface area contributed by atoms with Gasteiger partial charge in [0.25, 0.3) is 5.91 Å². The highest BCUT2D eigenvalue weighted by molar-refractivity contribution is 7.87. The Morgan fingerprint density at radius 1 is 1.11 bits per heavy atom. The van der Waals surface area contributed by atoms with Crippen molar-refractivity contribution in [3.63, 3.8) is 0 Å². The van der Waals surface area contributed by atoms with Gasteiger partial charge in [-0.3, -0.25) is 14.5 Å². The average molecular weight is 771 g/mol. The fraction of sp³-hybridized carbons (Fsp3) is 0.417. The van der Waals surface area contributed by atoms with E-state index in [0.717, 1.165) is 27.4 Å². The number of carbonyl (C=O) groups is 2. The Bertz CT molecular complexity index is 2160. The van der Waals surface area contributed by atoms with Crippen LogP contribution in [0.1, 0.15) is 70.2 Å². The number of esters is 1. The molecule has 6 rings (SSSR count). The van der Waals surface area contributed by atoms with E-state index in [1.807, 2.05) is 20.8 Å². The Kier molecular flexibility index (Phi) is 10.3. The number of guanidine groups is 1. The molecule has 2 aromatic carbocycles. The van der Waals surface area contributed by atoms with Crippen LogP contribution in [-0.4, -0.2) is 74.9 Å². The SMILES string of the molecule is CN(C)S(=O)(=O)n1cnc(-c2cc([C@@H](COC(=O)CC3CC3)N3C(=O)[C@@](CC(C)(C)C)(c4ccc(-c5cnn(C(F)F)c5)cc4)N=C3N)ccc2Cl)c1. The van der Waals surface area contributed by atoms with Crippen LogP contribution in [0.2, 0.25) is 5.02 Å². The van der Waals surface area contributed by atoms with Gasteiger partial charge in [0.05, 0.1) is 23.0 Å². The lowest BCUT2D eigenvalue weighted by molar-refractivity contribution is -0.148. The lowest BCUT2D eigenvalue weighted by Gasteiger charge is -2.35. The molecule has 0 unspecified atom stereocenters. The maximum atomic E-state index is 15.0. The van der Waals surface area contributed by atoms with E-state index in [1.54, 1.807) is 42.5 Å². The summed E-state index contributed by atoms with van der Waals surface area (Å²) >= 11 is 6.64. The van der Waals surface area contributed by atoms with E-state index >= 15 is 0 Å². The van der Waals surface area contributed by atoms with Gasteiger partial charge in [0, 0.05) is 44.0 Å². The Labute approximate surface area is 311 Å². The molecule has 4 aromatic rings. The van der Waals surface area contributed by atoms with Crippen molar-refractivity contribution in [2.24, 2.45) is 22.1 Å². The number of hydrogen-bond acceptors (Lipinski definition) is 9. The summed E-state index contributed by atoms with van der Waals surface area (Å²) in [6, 6.07) is 10.9. The summed E-state index contributed by atoms with van der Waals surface area (Å²) < 4.78 is 60.3. The standard InChI is InChI=1S/C36H41ClF2N8O5S/c1-35(2,3)20-36(26-11-8-23(9-12-26)25-16-42-46(17-25)33(38)39)32(49)47(34(40)43-36)30(19-52-31(48)14-22-6-7-22)24-10-13-28(37)27(15-24)29-18-45(21-41-29)53(50,51)44(4)5/h8-13,15-18,21-22,30,33H,6-7,14,19-20H2,1-5H3,(H2,40,43)/t30-,36-/m1/s1.